The molecule has 2 aromatic carbocycles. The SMILES string of the molecule is Cn1ncnc1CNc1c(F)cc(F)cc1-c1ccccc1. The van der Waals surface area contributed by atoms with E-state index in [-0.39, 0.29) is 5.69 Å². The van der Waals surface area contributed by atoms with Gasteiger partial charge in [0, 0.05) is 18.7 Å². The molecule has 1 N–H and O–H groups in total. The van der Waals surface area contributed by atoms with E-state index >= 15 is 0 Å². The Kier molecular flexibility index (Phi) is 3.82. The molecule has 0 aliphatic carbocycles. The maximum Gasteiger partial charge on any atom is 0.149 e. The normalized spacial score (nSPS) is 10.7. The Morgan fingerprint density at radius 3 is 2.59 bits per heavy atom. The number of aryl methyl sites for hydroxylation is 1. The fraction of sp³-hybridized carbons (Fsp3) is 0.125. The molecule has 0 amide bonds. The van der Waals surface area contributed by atoms with E-state index < -0.39 is 11.6 Å². The fourth-order valence-electron chi connectivity index (χ4n) is 2.25. The van der Waals surface area contributed by atoms with Gasteiger partial charge in [-0.2, -0.15) is 5.10 Å². The van der Waals surface area contributed by atoms with Crippen molar-refractivity contribution in [2.24, 2.45) is 7.05 Å². The summed E-state index contributed by atoms with van der Waals surface area (Å²) in [6.45, 7) is 0.291. The third-order valence-electron chi connectivity index (χ3n) is 3.37. The van der Waals surface area contributed by atoms with Gasteiger partial charge in [0.2, 0.25) is 0 Å². The lowest BCUT2D eigenvalue weighted by atomic mass is 10.0. The van der Waals surface area contributed by atoms with Crippen molar-refractivity contribution in [3.63, 3.8) is 0 Å². The molecule has 4 nitrogen and oxygen atoms in total. The summed E-state index contributed by atoms with van der Waals surface area (Å²) in [5.41, 5.74) is 1.46. The summed E-state index contributed by atoms with van der Waals surface area (Å²) in [6.07, 6.45) is 1.43. The van der Waals surface area contributed by atoms with E-state index in [1.807, 2.05) is 30.3 Å². The van der Waals surface area contributed by atoms with Crippen LogP contribution in [0.15, 0.2) is 48.8 Å². The highest BCUT2D eigenvalue weighted by Gasteiger charge is 2.13. The number of hydrogen-bond acceptors (Lipinski definition) is 3. The van der Waals surface area contributed by atoms with Gasteiger partial charge in [-0.3, -0.25) is 4.68 Å². The van der Waals surface area contributed by atoms with Gasteiger partial charge in [0.05, 0.1) is 12.2 Å². The largest absolute Gasteiger partial charge is 0.375 e. The molecular formula is C16H14F2N4. The Morgan fingerprint density at radius 2 is 1.91 bits per heavy atom. The van der Waals surface area contributed by atoms with Crippen LogP contribution in [0.5, 0.6) is 0 Å². The Labute approximate surface area is 126 Å². The van der Waals surface area contributed by atoms with Crippen LogP contribution in [0.4, 0.5) is 14.5 Å². The molecule has 0 saturated carbocycles. The highest BCUT2D eigenvalue weighted by molar-refractivity contribution is 5.78. The van der Waals surface area contributed by atoms with Gasteiger partial charge in [-0.25, -0.2) is 13.8 Å². The number of benzene rings is 2. The summed E-state index contributed by atoms with van der Waals surface area (Å²) in [4.78, 5) is 4.07. The maximum atomic E-state index is 14.2. The van der Waals surface area contributed by atoms with Crippen molar-refractivity contribution < 1.29 is 8.78 Å². The average Bonchev–Trinajstić information content (AvgIpc) is 2.92. The average molecular weight is 300 g/mol. The number of hydrogen-bond donors (Lipinski definition) is 1. The number of anilines is 1. The smallest absolute Gasteiger partial charge is 0.149 e. The summed E-state index contributed by atoms with van der Waals surface area (Å²) in [7, 11) is 1.75. The first kappa shape index (κ1) is 14.2. The number of rotatable bonds is 4. The number of halogens is 2. The van der Waals surface area contributed by atoms with Crippen LogP contribution >= 0.6 is 0 Å². The molecule has 0 unspecified atom stereocenters. The molecule has 0 fully saturated rings. The number of nitrogens with one attached hydrogen (secondary N) is 1. The van der Waals surface area contributed by atoms with Crippen LogP contribution in [0.2, 0.25) is 0 Å². The quantitative estimate of drug-likeness (QED) is 0.803. The van der Waals surface area contributed by atoms with Gasteiger partial charge in [-0.15, -0.1) is 0 Å². The fourth-order valence-corrected chi connectivity index (χ4v) is 2.25. The van der Waals surface area contributed by atoms with Gasteiger partial charge in [0.15, 0.2) is 0 Å². The highest BCUT2D eigenvalue weighted by Crippen LogP contribution is 2.31. The highest BCUT2D eigenvalue weighted by atomic mass is 19.1. The van der Waals surface area contributed by atoms with E-state index in [0.29, 0.717) is 17.9 Å². The zero-order valence-electron chi connectivity index (χ0n) is 11.9. The second-order valence-corrected chi connectivity index (χ2v) is 4.83. The van der Waals surface area contributed by atoms with Gasteiger partial charge in [0.25, 0.3) is 0 Å². The molecule has 0 bridgehead atoms. The van der Waals surface area contributed by atoms with Crippen LogP contribution in [0.25, 0.3) is 11.1 Å². The van der Waals surface area contributed by atoms with Crippen molar-refractivity contribution in [1.29, 1.82) is 0 Å². The van der Waals surface area contributed by atoms with Gasteiger partial charge >= 0.3 is 0 Å². The Bertz CT molecular complexity index is 784. The first-order valence-corrected chi connectivity index (χ1v) is 6.76. The zero-order valence-corrected chi connectivity index (χ0v) is 11.9. The molecule has 1 aromatic heterocycles. The molecule has 1 heterocycles. The Hall–Kier alpha value is -2.76. The van der Waals surface area contributed by atoms with Gasteiger partial charge < -0.3 is 5.32 Å². The van der Waals surface area contributed by atoms with Crippen molar-refractivity contribution in [3.8, 4) is 11.1 Å². The van der Waals surface area contributed by atoms with Crippen LogP contribution in [-0.2, 0) is 13.6 Å². The molecule has 0 aliphatic heterocycles. The summed E-state index contributed by atoms with van der Waals surface area (Å²) in [6, 6.07) is 11.3. The standard InChI is InChI=1S/C16H14F2N4/c1-22-15(20-10-21-22)9-19-16-13(7-12(17)8-14(16)18)11-5-3-2-4-6-11/h2-8,10,19H,9H2,1H3. The molecule has 3 rings (SSSR count). The van der Waals surface area contributed by atoms with Gasteiger partial charge in [-0.05, 0) is 11.6 Å². The summed E-state index contributed by atoms with van der Waals surface area (Å²) >= 11 is 0. The molecule has 0 aliphatic rings. The third-order valence-corrected chi connectivity index (χ3v) is 3.37. The van der Waals surface area contributed by atoms with Crippen molar-refractivity contribution in [2.45, 2.75) is 6.54 Å². The Morgan fingerprint density at radius 1 is 1.14 bits per heavy atom. The van der Waals surface area contributed by atoms with E-state index in [1.54, 1.807) is 11.7 Å². The third kappa shape index (κ3) is 2.81. The monoisotopic (exact) mass is 300 g/mol. The lowest BCUT2D eigenvalue weighted by Gasteiger charge is -2.13. The van der Waals surface area contributed by atoms with Crippen LogP contribution in [-0.4, -0.2) is 14.8 Å². The minimum absolute atomic E-state index is 0.246. The second kappa shape index (κ2) is 5.93. The minimum atomic E-state index is -0.638. The molecule has 3 aromatic rings. The summed E-state index contributed by atoms with van der Waals surface area (Å²) in [5, 5.41) is 6.94. The number of aromatic nitrogens is 3. The minimum Gasteiger partial charge on any atom is -0.375 e. The molecule has 0 atom stereocenters. The predicted molar refractivity (Wildman–Crippen MR) is 80.1 cm³/mol. The first-order valence-electron chi connectivity index (χ1n) is 6.76. The summed E-state index contributed by atoms with van der Waals surface area (Å²) in [5.74, 6) is -0.593. The molecule has 0 saturated heterocycles. The van der Waals surface area contributed by atoms with E-state index in [4.69, 9.17) is 0 Å². The van der Waals surface area contributed by atoms with Gasteiger partial charge in [0.1, 0.15) is 23.8 Å². The molecule has 6 heteroatoms. The van der Waals surface area contributed by atoms with E-state index in [0.717, 1.165) is 11.6 Å². The van der Waals surface area contributed by atoms with Crippen molar-refractivity contribution in [3.05, 3.63) is 66.3 Å². The lowest BCUT2D eigenvalue weighted by molar-refractivity contribution is 0.585. The van der Waals surface area contributed by atoms with Crippen molar-refractivity contribution in [2.75, 3.05) is 5.32 Å². The molecular weight excluding hydrogens is 286 g/mol. The zero-order chi connectivity index (χ0) is 15.5. The van der Waals surface area contributed by atoms with E-state index in [9.17, 15) is 8.78 Å². The number of nitrogens with zero attached hydrogens (tertiary/aromatic N) is 3. The molecule has 0 radical (unpaired) electrons. The van der Waals surface area contributed by atoms with Crippen LogP contribution < -0.4 is 5.32 Å². The first-order chi connectivity index (χ1) is 10.6. The van der Waals surface area contributed by atoms with Crippen LogP contribution in [0.1, 0.15) is 5.82 Å². The summed E-state index contributed by atoms with van der Waals surface area (Å²) < 4.78 is 29.4. The second-order valence-electron chi connectivity index (χ2n) is 4.83. The van der Waals surface area contributed by atoms with Crippen LogP contribution in [0.3, 0.4) is 0 Å². The predicted octanol–water partition coefficient (Wildman–Crippen LogP) is 3.37. The van der Waals surface area contributed by atoms with Crippen LogP contribution in [0, 0.1) is 11.6 Å². The molecule has 22 heavy (non-hydrogen) atoms. The van der Waals surface area contributed by atoms with E-state index in [1.165, 1.54) is 12.4 Å². The van der Waals surface area contributed by atoms with E-state index in [2.05, 4.69) is 15.4 Å². The topological polar surface area (TPSA) is 42.7 Å². The van der Waals surface area contributed by atoms with Crippen molar-refractivity contribution >= 4 is 5.69 Å². The van der Waals surface area contributed by atoms with Gasteiger partial charge in [-0.1, -0.05) is 30.3 Å². The van der Waals surface area contributed by atoms with Crippen molar-refractivity contribution in [1.82, 2.24) is 14.8 Å². The Balaban J connectivity index is 1.97. The molecule has 112 valence electrons. The molecule has 0 spiro atoms. The lowest BCUT2D eigenvalue weighted by Crippen LogP contribution is -2.09. The maximum absolute atomic E-state index is 14.2.